The van der Waals surface area contributed by atoms with Gasteiger partial charge in [-0.05, 0) is 95.5 Å². The van der Waals surface area contributed by atoms with Crippen molar-refractivity contribution in [2.45, 2.75) is 105 Å². The van der Waals surface area contributed by atoms with E-state index in [2.05, 4.69) is 142 Å². The topological polar surface area (TPSA) is 17.1 Å². The zero-order valence-electron chi connectivity index (χ0n) is 28.6. The summed E-state index contributed by atoms with van der Waals surface area (Å²) in [4.78, 5) is 10.8. The molecule has 0 fully saturated rings. The number of thioether (sulfide) groups is 2. The molecule has 0 saturated heterocycles. The van der Waals surface area contributed by atoms with Gasteiger partial charge in [-0.15, -0.1) is 0 Å². The van der Waals surface area contributed by atoms with E-state index in [1.54, 1.807) is 18.7 Å². The van der Waals surface area contributed by atoms with Gasteiger partial charge >= 0.3 is 0 Å². The monoisotopic (exact) mass is 636 g/mol. The molecule has 0 rings (SSSR count). The number of allylic oxidation sites excluding steroid dienone is 19. The molecular weight excluding hydrogens is 573 g/mol. The number of unbranched alkanes of at least 4 members (excludes halogenated alkanes) is 1. The second-order valence-electron chi connectivity index (χ2n) is 9.96. The van der Waals surface area contributed by atoms with Crippen molar-refractivity contribution in [3.8, 4) is 0 Å². The van der Waals surface area contributed by atoms with Crippen LogP contribution < -0.4 is 0 Å². The molecule has 44 heavy (non-hydrogen) atoms. The van der Waals surface area contributed by atoms with Crippen LogP contribution >= 0.6 is 23.5 Å². The summed E-state index contributed by atoms with van der Waals surface area (Å²) in [5.74, 6) is 4.31. The fourth-order valence-electron chi connectivity index (χ4n) is 3.40. The summed E-state index contributed by atoms with van der Waals surface area (Å²) in [5, 5.41) is 0. The van der Waals surface area contributed by atoms with Gasteiger partial charge in [0.05, 0.1) is 5.75 Å². The van der Waals surface area contributed by atoms with Crippen LogP contribution in [-0.4, -0.2) is 28.8 Å². The number of hydrogen-bond acceptors (Lipinski definition) is 3. The predicted molar refractivity (Wildman–Crippen MR) is 209 cm³/mol. The molecule has 1 nitrogen and oxygen atoms in total. The van der Waals surface area contributed by atoms with Crippen LogP contribution in [0.2, 0.25) is 0 Å². The Morgan fingerprint density at radius 3 is 1.14 bits per heavy atom. The zero-order valence-corrected chi connectivity index (χ0v) is 30.2. The van der Waals surface area contributed by atoms with Gasteiger partial charge in [0.25, 0.3) is 0 Å². The third-order valence-corrected chi connectivity index (χ3v) is 7.67. The molecule has 0 aromatic carbocycles. The van der Waals surface area contributed by atoms with E-state index in [1.807, 2.05) is 11.8 Å². The van der Waals surface area contributed by atoms with E-state index < -0.39 is 0 Å². The maximum Gasteiger partial charge on any atom is 0.139 e. The molecule has 0 bridgehead atoms. The quantitative estimate of drug-likeness (QED) is 0.0659. The van der Waals surface area contributed by atoms with Crippen LogP contribution in [0.3, 0.4) is 0 Å². The van der Waals surface area contributed by atoms with Crippen molar-refractivity contribution in [3.63, 3.8) is 0 Å². The van der Waals surface area contributed by atoms with Gasteiger partial charge in [0.1, 0.15) is 5.78 Å². The van der Waals surface area contributed by atoms with Gasteiger partial charge in [-0.1, -0.05) is 142 Å². The van der Waals surface area contributed by atoms with E-state index in [1.165, 1.54) is 12.2 Å². The number of rotatable bonds is 27. The Kier molecular flexibility index (Phi) is 42.8. The molecule has 0 aliphatic carbocycles. The van der Waals surface area contributed by atoms with Gasteiger partial charge in [-0.3, -0.25) is 4.79 Å². The van der Waals surface area contributed by atoms with Gasteiger partial charge in [-0.25, -0.2) is 0 Å². The maximum absolute atomic E-state index is 10.8. The first-order chi connectivity index (χ1) is 21.7. The number of Topliss-reactive ketones (excluding diaryl/α,β-unsaturated/α-hetero) is 1. The molecule has 0 saturated carbocycles. The smallest absolute Gasteiger partial charge is 0.139 e. The largest absolute Gasteiger partial charge is 0.299 e. The van der Waals surface area contributed by atoms with Crippen LogP contribution in [0, 0.1) is 0 Å². The molecule has 0 amide bonds. The Hall–Kier alpha value is -2.23. The highest BCUT2D eigenvalue weighted by molar-refractivity contribution is 8.00. The minimum atomic E-state index is 0.263. The molecule has 0 atom stereocenters. The van der Waals surface area contributed by atoms with Crippen molar-refractivity contribution < 1.29 is 4.79 Å². The van der Waals surface area contributed by atoms with Crippen LogP contribution in [0.1, 0.15) is 105 Å². The summed E-state index contributed by atoms with van der Waals surface area (Å²) in [6, 6.07) is 0. The van der Waals surface area contributed by atoms with E-state index in [0.717, 1.165) is 82.1 Å². The number of ketones is 1. The average molecular weight is 637 g/mol. The molecule has 0 spiro atoms. The first kappa shape index (κ1) is 43.9. The number of carbonyl (C=O) groups is 1. The molecule has 246 valence electrons. The van der Waals surface area contributed by atoms with E-state index >= 15 is 0 Å². The predicted octanol–water partition coefficient (Wildman–Crippen LogP) is 13.3. The first-order valence-corrected chi connectivity index (χ1v) is 19.1. The minimum Gasteiger partial charge on any atom is -0.299 e. The molecule has 0 aliphatic heterocycles. The Bertz CT molecular complexity index is 894. The summed E-state index contributed by atoms with van der Waals surface area (Å²) in [7, 11) is 0. The SMILES string of the molecule is CC/C=C\C/C=C\C/C=C\C/C=C\C/C=C\CCSCC(C)=O.CC/C=C\C/C=C\C/C=C\C/C=C\CC/C=C/CSCC. The van der Waals surface area contributed by atoms with Crippen molar-refractivity contribution in [2.24, 2.45) is 0 Å². The summed E-state index contributed by atoms with van der Waals surface area (Å²) in [5.41, 5.74) is 0. The fraction of sp³-hybridized carbons (Fsp3) is 0.488. The molecule has 0 heterocycles. The minimum absolute atomic E-state index is 0.263. The van der Waals surface area contributed by atoms with Crippen molar-refractivity contribution in [3.05, 3.63) is 122 Å². The highest BCUT2D eigenvalue weighted by Crippen LogP contribution is 2.04. The van der Waals surface area contributed by atoms with Crippen LogP contribution in [0.25, 0.3) is 0 Å². The van der Waals surface area contributed by atoms with Gasteiger partial charge < -0.3 is 0 Å². The van der Waals surface area contributed by atoms with Gasteiger partial charge in [0, 0.05) is 5.75 Å². The standard InChI is InChI=1S/C21H32OS.C20H32S/c1-3-4-5-6-7-8-9-10-11-12-13-14-15-16-17-18-19-23-20-21(2)22;1-3-5-6-7-8-9-10-11-12-13-14-15-16-17-18-19-20-21-4-2/h4-5,7-8,10-11,13-14,16-17H,3,6,9,12,15,18-20H2,1-2H3;5-6,8-9,11-12,14-15,18-19H,3-4,7,10,13,16-17,20H2,1-2H3/b5-4-,8-7-,11-10-,14-13-,17-16-;6-5-,9-8-,12-11-,15-14-,19-18+. The molecule has 0 unspecified atom stereocenters. The maximum atomic E-state index is 10.8. The normalized spacial score (nSPS) is 12.9. The highest BCUT2D eigenvalue weighted by Gasteiger charge is 1.91. The lowest BCUT2D eigenvalue weighted by atomic mass is 10.2. The van der Waals surface area contributed by atoms with Crippen molar-refractivity contribution in [2.75, 3.05) is 23.0 Å². The molecule has 0 aromatic heterocycles. The van der Waals surface area contributed by atoms with Crippen molar-refractivity contribution >= 4 is 29.3 Å². The Labute approximate surface area is 282 Å². The van der Waals surface area contributed by atoms with Crippen molar-refractivity contribution in [1.29, 1.82) is 0 Å². The Morgan fingerprint density at radius 1 is 0.432 bits per heavy atom. The van der Waals surface area contributed by atoms with E-state index in [0.29, 0.717) is 5.75 Å². The van der Waals surface area contributed by atoms with Gasteiger partial charge in [0.2, 0.25) is 0 Å². The fourth-order valence-corrected chi connectivity index (χ4v) is 4.64. The second kappa shape index (κ2) is 42.9. The lowest BCUT2D eigenvalue weighted by Crippen LogP contribution is -1.93. The third-order valence-electron chi connectivity index (χ3n) is 5.70. The number of hydrogen-bond donors (Lipinski definition) is 0. The summed E-state index contributed by atoms with van der Waals surface area (Å²) >= 11 is 3.68. The van der Waals surface area contributed by atoms with Gasteiger partial charge in [-0.2, -0.15) is 23.5 Å². The molecule has 3 heteroatoms. The molecule has 0 radical (unpaired) electrons. The number of carbonyl (C=O) groups excluding carboxylic acids is 1. The molecular formula is C41H64OS2. The summed E-state index contributed by atoms with van der Waals surface area (Å²) in [6.07, 6.45) is 57.4. The Morgan fingerprint density at radius 2 is 0.773 bits per heavy atom. The van der Waals surface area contributed by atoms with Crippen LogP contribution in [0.4, 0.5) is 0 Å². The summed E-state index contributed by atoms with van der Waals surface area (Å²) in [6.45, 7) is 8.16. The van der Waals surface area contributed by atoms with Crippen molar-refractivity contribution in [1.82, 2.24) is 0 Å². The van der Waals surface area contributed by atoms with E-state index in [4.69, 9.17) is 0 Å². The third kappa shape index (κ3) is 46.7. The first-order valence-electron chi connectivity index (χ1n) is 16.8. The average Bonchev–Trinajstić information content (AvgIpc) is 3.02. The zero-order chi connectivity index (χ0) is 32.4. The van der Waals surface area contributed by atoms with Gasteiger partial charge in [0.15, 0.2) is 0 Å². The lowest BCUT2D eigenvalue weighted by Gasteiger charge is -1.93. The summed E-state index contributed by atoms with van der Waals surface area (Å²) < 4.78 is 0. The molecule has 0 N–H and O–H groups in total. The molecule has 0 aromatic rings. The van der Waals surface area contributed by atoms with E-state index in [9.17, 15) is 4.79 Å². The second-order valence-corrected chi connectivity index (χ2v) is 12.4. The van der Waals surface area contributed by atoms with Crippen LogP contribution in [0.5, 0.6) is 0 Å². The Balaban J connectivity index is 0. The van der Waals surface area contributed by atoms with Crippen LogP contribution in [0.15, 0.2) is 122 Å². The highest BCUT2D eigenvalue weighted by atomic mass is 32.2. The molecule has 0 aliphatic rings. The van der Waals surface area contributed by atoms with Crippen LogP contribution in [-0.2, 0) is 4.79 Å². The lowest BCUT2D eigenvalue weighted by molar-refractivity contribution is -0.114. The van der Waals surface area contributed by atoms with E-state index in [-0.39, 0.29) is 5.78 Å².